The molecule has 0 saturated heterocycles. The summed E-state index contributed by atoms with van der Waals surface area (Å²) < 4.78 is 4.36. The number of allylic oxidation sites excluding steroid dienone is 1. The van der Waals surface area contributed by atoms with Gasteiger partial charge in [0.2, 0.25) is 0 Å². The van der Waals surface area contributed by atoms with E-state index < -0.39 is 11.9 Å². The minimum Gasteiger partial charge on any atom is -0.477 e. The van der Waals surface area contributed by atoms with Gasteiger partial charge in [0.05, 0.1) is 7.11 Å². The van der Waals surface area contributed by atoms with Crippen molar-refractivity contribution in [2.45, 2.75) is 26.7 Å². The Balaban J connectivity index is 4.88. The first kappa shape index (κ1) is 11.7. The molecule has 0 radical (unpaired) electrons. The lowest BCUT2D eigenvalue weighted by atomic mass is 10.1. The van der Waals surface area contributed by atoms with Crippen molar-refractivity contribution >= 4 is 11.9 Å². The van der Waals surface area contributed by atoms with Crippen LogP contribution in [-0.2, 0) is 14.3 Å². The standard InChI is InChI=1S/C9H14O4/c1-4-5-6(2)7(8(10)11)9(12)13-3/h4-5H2,1-3H3,(H,10,11)/b7-6-. The molecule has 13 heavy (non-hydrogen) atoms. The molecule has 4 nitrogen and oxygen atoms in total. The molecular formula is C9H14O4. The van der Waals surface area contributed by atoms with Crippen LogP contribution in [0.15, 0.2) is 11.1 Å². The van der Waals surface area contributed by atoms with Gasteiger partial charge in [0.25, 0.3) is 0 Å². The van der Waals surface area contributed by atoms with Gasteiger partial charge in [0.15, 0.2) is 0 Å². The maximum atomic E-state index is 11.0. The minimum absolute atomic E-state index is 0.246. The SMILES string of the molecule is CCC/C(C)=C(/C(=O)O)C(=O)OC. The smallest absolute Gasteiger partial charge is 0.345 e. The summed E-state index contributed by atoms with van der Waals surface area (Å²) in [6.07, 6.45) is 1.40. The van der Waals surface area contributed by atoms with Crippen LogP contribution in [0.4, 0.5) is 0 Å². The summed E-state index contributed by atoms with van der Waals surface area (Å²) in [6.45, 7) is 3.55. The van der Waals surface area contributed by atoms with Crippen molar-refractivity contribution in [1.82, 2.24) is 0 Å². The Morgan fingerprint density at radius 2 is 1.92 bits per heavy atom. The van der Waals surface area contributed by atoms with Crippen molar-refractivity contribution < 1.29 is 19.4 Å². The fourth-order valence-corrected chi connectivity index (χ4v) is 1.05. The van der Waals surface area contributed by atoms with Crippen molar-refractivity contribution in [3.8, 4) is 0 Å². The Bertz CT molecular complexity index is 240. The molecule has 0 aromatic rings. The van der Waals surface area contributed by atoms with E-state index in [1.807, 2.05) is 6.92 Å². The summed E-state index contributed by atoms with van der Waals surface area (Å²) in [5.74, 6) is -2.00. The van der Waals surface area contributed by atoms with Crippen LogP contribution in [0.3, 0.4) is 0 Å². The van der Waals surface area contributed by atoms with Crippen molar-refractivity contribution in [3.05, 3.63) is 11.1 Å². The van der Waals surface area contributed by atoms with Crippen molar-refractivity contribution in [1.29, 1.82) is 0 Å². The second kappa shape index (κ2) is 5.35. The third-order valence-electron chi connectivity index (χ3n) is 1.66. The molecule has 0 atom stereocenters. The molecule has 0 amide bonds. The molecule has 0 aromatic carbocycles. The summed E-state index contributed by atoms with van der Waals surface area (Å²) in [6, 6.07) is 0. The van der Waals surface area contributed by atoms with Gasteiger partial charge in [0.1, 0.15) is 5.57 Å². The highest BCUT2D eigenvalue weighted by molar-refractivity contribution is 6.13. The summed E-state index contributed by atoms with van der Waals surface area (Å²) in [5.41, 5.74) is 0.311. The number of rotatable bonds is 4. The topological polar surface area (TPSA) is 63.6 Å². The highest BCUT2D eigenvalue weighted by Gasteiger charge is 2.20. The van der Waals surface area contributed by atoms with E-state index in [0.717, 1.165) is 6.42 Å². The summed E-state index contributed by atoms with van der Waals surface area (Å²) in [5, 5.41) is 8.71. The Kier molecular flexibility index (Phi) is 4.80. The fourth-order valence-electron chi connectivity index (χ4n) is 1.05. The second-order valence-corrected chi connectivity index (χ2v) is 2.70. The maximum absolute atomic E-state index is 11.0. The molecule has 0 spiro atoms. The highest BCUT2D eigenvalue weighted by Crippen LogP contribution is 2.12. The Morgan fingerprint density at radius 1 is 1.38 bits per heavy atom. The van der Waals surface area contributed by atoms with E-state index in [-0.39, 0.29) is 5.57 Å². The Morgan fingerprint density at radius 3 is 2.23 bits per heavy atom. The van der Waals surface area contributed by atoms with E-state index in [9.17, 15) is 9.59 Å². The predicted molar refractivity (Wildman–Crippen MR) is 47.3 cm³/mol. The average Bonchev–Trinajstić information content (AvgIpc) is 2.04. The van der Waals surface area contributed by atoms with Crippen molar-refractivity contribution in [2.24, 2.45) is 0 Å². The van der Waals surface area contributed by atoms with Gasteiger partial charge in [-0.25, -0.2) is 9.59 Å². The van der Waals surface area contributed by atoms with Crippen LogP contribution in [0, 0.1) is 0 Å². The van der Waals surface area contributed by atoms with Crippen LogP contribution in [0.25, 0.3) is 0 Å². The number of hydrogen-bond donors (Lipinski definition) is 1. The number of carbonyl (C=O) groups excluding carboxylic acids is 1. The molecule has 0 aliphatic heterocycles. The normalized spacial score (nSPS) is 11.9. The largest absolute Gasteiger partial charge is 0.477 e. The van der Waals surface area contributed by atoms with E-state index in [1.165, 1.54) is 7.11 Å². The number of carboxylic acid groups (broad SMARTS) is 1. The molecule has 74 valence electrons. The quantitative estimate of drug-likeness (QED) is 0.311. The zero-order chi connectivity index (χ0) is 10.4. The third kappa shape index (κ3) is 3.27. The predicted octanol–water partition coefficient (Wildman–Crippen LogP) is 1.36. The first-order valence-electron chi connectivity index (χ1n) is 4.05. The zero-order valence-corrected chi connectivity index (χ0v) is 8.09. The van der Waals surface area contributed by atoms with Crippen molar-refractivity contribution in [3.63, 3.8) is 0 Å². The first-order valence-corrected chi connectivity index (χ1v) is 4.05. The number of methoxy groups -OCH3 is 1. The van der Waals surface area contributed by atoms with Gasteiger partial charge in [-0.05, 0) is 13.3 Å². The third-order valence-corrected chi connectivity index (χ3v) is 1.66. The van der Waals surface area contributed by atoms with Gasteiger partial charge < -0.3 is 9.84 Å². The van der Waals surface area contributed by atoms with E-state index in [1.54, 1.807) is 6.92 Å². The first-order chi connectivity index (χ1) is 6.04. The van der Waals surface area contributed by atoms with Crippen LogP contribution in [0.2, 0.25) is 0 Å². The number of aliphatic carboxylic acids is 1. The Labute approximate surface area is 77.2 Å². The molecular weight excluding hydrogens is 172 g/mol. The molecule has 0 aliphatic rings. The van der Waals surface area contributed by atoms with Gasteiger partial charge in [0, 0.05) is 0 Å². The number of carbonyl (C=O) groups is 2. The average molecular weight is 186 g/mol. The molecule has 4 heteroatoms. The monoisotopic (exact) mass is 186 g/mol. The minimum atomic E-state index is -1.22. The summed E-state index contributed by atoms with van der Waals surface area (Å²) in [4.78, 5) is 21.7. The van der Waals surface area contributed by atoms with Gasteiger partial charge in [-0.15, -0.1) is 0 Å². The lowest BCUT2D eigenvalue weighted by Crippen LogP contribution is -2.15. The van der Waals surface area contributed by atoms with Crippen LogP contribution >= 0.6 is 0 Å². The van der Waals surface area contributed by atoms with Gasteiger partial charge in [-0.1, -0.05) is 18.9 Å². The summed E-state index contributed by atoms with van der Waals surface area (Å²) in [7, 11) is 1.17. The van der Waals surface area contributed by atoms with Crippen molar-refractivity contribution in [2.75, 3.05) is 7.11 Å². The van der Waals surface area contributed by atoms with Crippen LogP contribution in [0.5, 0.6) is 0 Å². The number of ether oxygens (including phenoxy) is 1. The Hall–Kier alpha value is -1.32. The molecule has 0 aliphatic carbocycles. The molecule has 0 unspecified atom stereocenters. The lowest BCUT2D eigenvalue weighted by molar-refractivity contribution is -0.142. The molecule has 1 N–H and O–H groups in total. The molecule has 0 aromatic heterocycles. The van der Waals surface area contributed by atoms with Crippen LogP contribution < -0.4 is 0 Å². The van der Waals surface area contributed by atoms with E-state index in [2.05, 4.69) is 4.74 Å². The molecule has 0 fully saturated rings. The fraction of sp³-hybridized carbons (Fsp3) is 0.556. The molecule has 0 rings (SSSR count). The highest BCUT2D eigenvalue weighted by atomic mass is 16.5. The van der Waals surface area contributed by atoms with E-state index >= 15 is 0 Å². The van der Waals surface area contributed by atoms with Gasteiger partial charge in [-0.3, -0.25) is 0 Å². The van der Waals surface area contributed by atoms with Crippen LogP contribution in [0.1, 0.15) is 26.7 Å². The molecule has 0 bridgehead atoms. The van der Waals surface area contributed by atoms with Gasteiger partial charge >= 0.3 is 11.9 Å². The van der Waals surface area contributed by atoms with Crippen LogP contribution in [-0.4, -0.2) is 24.2 Å². The second-order valence-electron chi connectivity index (χ2n) is 2.70. The summed E-state index contributed by atoms with van der Waals surface area (Å²) >= 11 is 0. The number of carboxylic acids is 1. The lowest BCUT2D eigenvalue weighted by Gasteiger charge is -2.04. The van der Waals surface area contributed by atoms with E-state index in [4.69, 9.17) is 5.11 Å². The van der Waals surface area contributed by atoms with Gasteiger partial charge in [-0.2, -0.15) is 0 Å². The zero-order valence-electron chi connectivity index (χ0n) is 8.09. The molecule has 0 heterocycles. The number of esters is 1. The number of hydrogen-bond acceptors (Lipinski definition) is 3. The van der Waals surface area contributed by atoms with E-state index in [0.29, 0.717) is 12.0 Å². The maximum Gasteiger partial charge on any atom is 0.345 e. The molecule has 0 saturated carbocycles.